The van der Waals surface area contributed by atoms with Crippen molar-refractivity contribution in [1.29, 1.82) is 0 Å². The van der Waals surface area contributed by atoms with Gasteiger partial charge in [0.25, 0.3) is 0 Å². The Bertz CT molecular complexity index is 243. The predicted molar refractivity (Wildman–Crippen MR) is 75.8 cm³/mol. The molecule has 0 saturated heterocycles. The van der Waals surface area contributed by atoms with Crippen LogP contribution in [0.5, 0.6) is 0 Å². The van der Waals surface area contributed by atoms with E-state index in [0.717, 1.165) is 19.6 Å². The lowest BCUT2D eigenvalue weighted by atomic mass is 10.0. The average Bonchev–Trinajstić information content (AvgIpc) is 2.21. The molecule has 0 aliphatic heterocycles. The zero-order valence-electron chi connectivity index (χ0n) is 13.0. The van der Waals surface area contributed by atoms with Gasteiger partial charge in [-0.25, -0.2) is 4.79 Å². The third-order valence-corrected chi connectivity index (χ3v) is 2.86. The molecule has 4 nitrogen and oxygen atoms in total. The number of amides is 1. The summed E-state index contributed by atoms with van der Waals surface area (Å²) in [7, 11) is 0. The maximum atomic E-state index is 11.8. The first-order valence-electron chi connectivity index (χ1n) is 6.91. The Balaban J connectivity index is 4.40. The molecule has 0 saturated carbocycles. The van der Waals surface area contributed by atoms with Crippen LogP contribution in [0.3, 0.4) is 0 Å². The van der Waals surface area contributed by atoms with Crippen molar-refractivity contribution in [2.45, 2.75) is 60.1 Å². The van der Waals surface area contributed by atoms with Gasteiger partial charge in [-0.15, -0.1) is 0 Å². The average molecular weight is 258 g/mol. The topological polar surface area (TPSA) is 41.6 Å². The lowest BCUT2D eigenvalue weighted by molar-refractivity contribution is 0.0475. The van der Waals surface area contributed by atoms with Crippen LogP contribution in [0.4, 0.5) is 4.79 Å². The fourth-order valence-corrected chi connectivity index (χ4v) is 1.64. The highest BCUT2D eigenvalue weighted by molar-refractivity contribution is 5.68. The quantitative estimate of drug-likeness (QED) is 0.796. The number of hydrogen-bond acceptors (Lipinski definition) is 3. The molecule has 0 bridgehead atoms. The zero-order valence-corrected chi connectivity index (χ0v) is 13.0. The van der Waals surface area contributed by atoms with Crippen LogP contribution in [0, 0.1) is 5.92 Å². The number of nitrogens with one attached hydrogen (secondary N) is 1. The van der Waals surface area contributed by atoms with E-state index in [4.69, 9.17) is 4.74 Å². The highest BCUT2D eigenvalue weighted by atomic mass is 16.6. The summed E-state index contributed by atoms with van der Waals surface area (Å²) in [6.45, 7) is 17.0. The lowest BCUT2D eigenvalue weighted by Crippen LogP contribution is -2.48. The highest BCUT2D eigenvalue weighted by Gasteiger charge is 2.22. The number of carbonyl (C=O) groups excluding carboxylic acids is 1. The largest absolute Gasteiger partial charge is 0.444 e. The van der Waals surface area contributed by atoms with E-state index in [-0.39, 0.29) is 12.1 Å². The van der Waals surface area contributed by atoms with Crippen molar-refractivity contribution in [2.75, 3.05) is 19.6 Å². The van der Waals surface area contributed by atoms with Gasteiger partial charge in [0.15, 0.2) is 0 Å². The van der Waals surface area contributed by atoms with Gasteiger partial charge in [0.1, 0.15) is 5.60 Å². The van der Waals surface area contributed by atoms with Gasteiger partial charge in [-0.1, -0.05) is 27.7 Å². The molecule has 18 heavy (non-hydrogen) atoms. The molecule has 0 radical (unpaired) electrons. The molecule has 0 aliphatic rings. The smallest absolute Gasteiger partial charge is 0.407 e. The summed E-state index contributed by atoms with van der Waals surface area (Å²) in [4.78, 5) is 14.1. The summed E-state index contributed by atoms with van der Waals surface area (Å²) in [5.41, 5.74) is -0.444. The van der Waals surface area contributed by atoms with Crippen LogP contribution >= 0.6 is 0 Å². The van der Waals surface area contributed by atoms with Crippen LogP contribution in [0.1, 0.15) is 48.5 Å². The summed E-state index contributed by atoms with van der Waals surface area (Å²) in [5, 5.41) is 2.97. The molecule has 1 amide bonds. The molecule has 108 valence electrons. The van der Waals surface area contributed by atoms with Crippen LogP contribution in [-0.4, -0.2) is 42.3 Å². The van der Waals surface area contributed by atoms with E-state index in [0.29, 0.717) is 5.92 Å². The van der Waals surface area contributed by atoms with E-state index in [1.807, 2.05) is 20.8 Å². The van der Waals surface area contributed by atoms with Gasteiger partial charge >= 0.3 is 6.09 Å². The molecule has 0 aromatic rings. The molecule has 0 aromatic carbocycles. The van der Waals surface area contributed by atoms with Gasteiger partial charge in [-0.2, -0.15) is 0 Å². The first-order chi connectivity index (χ1) is 8.19. The second kappa shape index (κ2) is 7.62. The van der Waals surface area contributed by atoms with Gasteiger partial charge in [0.05, 0.1) is 0 Å². The Morgan fingerprint density at radius 2 is 1.72 bits per heavy atom. The van der Waals surface area contributed by atoms with Crippen molar-refractivity contribution >= 4 is 6.09 Å². The number of rotatable bonds is 6. The summed E-state index contributed by atoms with van der Waals surface area (Å²) >= 11 is 0. The molecule has 0 aromatic heterocycles. The standard InChI is InChI=1S/C14H30N2O2/c1-8-16(9-2)10-12(11(3)4)15-13(17)18-14(5,6)7/h11-12H,8-10H2,1-7H3,(H,15,17)/t12-/m1/s1. The number of hydrogen-bond donors (Lipinski definition) is 1. The first kappa shape index (κ1) is 17.2. The number of ether oxygens (including phenoxy) is 1. The first-order valence-corrected chi connectivity index (χ1v) is 6.91. The van der Waals surface area contributed by atoms with E-state index in [1.54, 1.807) is 0 Å². The SMILES string of the molecule is CCN(CC)C[C@@H](NC(=O)OC(C)(C)C)C(C)C. The van der Waals surface area contributed by atoms with Crippen molar-refractivity contribution in [3.63, 3.8) is 0 Å². The highest BCUT2D eigenvalue weighted by Crippen LogP contribution is 2.09. The summed E-state index contributed by atoms with van der Waals surface area (Å²) < 4.78 is 5.30. The maximum Gasteiger partial charge on any atom is 0.407 e. The fraction of sp³-hybridized carbons (Fsp3) is 0.929. The molecule has 0 unspecified atom stereocenters. The molecular weight excluding hydrogens is 228 g/mol. The van der Waals surface area contributed by atoms with Crippen molar-refractivity contribution in [3.8, 4) is 0 Å². The molecule has 1 N–H and O–H groups in total. The van der Waals surface area contributed by atoms with Crippen molar-refractivity contribution < 1.29 is 9.53 Å². The molecule has 0 fully saturated rings. The van der Waals surface area contributed by atoms with Crippen molar-refractivity contribution in [2.24, 2.45) is 5.92 Å². The Morgan fingerprint density at radius 3 is 2.06 bits per heavy atom. The molecule has 1 atom stereocenters. The summed E-state index contributed by atoms with van der Waals surface area (Å²) in [6, 6.07) is 0.125. The number of likely N-dealkylation sites (N-methyl/N-ethyl adjacent to an activating group) is 1. The monoisotopic (exact) mass is 258 g/mol. The third-order valence-electron chi connectivity index (χ3n) is 2.86. The fourth-order valence-electron chi connectivity index (χ4n) is 1.64. The number of alkyl carbamates (subject to hydrolysis) is 1. The van der Waals surface area contributed by atoms with E-state index in [1.165, 1.54) is 0 Å². The molecular formula is C14H30N2O2. The summed E-state index contributed by atoms with van der Waals surface area (Å²) in [6.07, 6.45) is -0.326. The molecule has 0 heterocycles. The van der Waals surface area contributed by atoms with Crippen LogP contribution in [-0.2, 0) is 4.74 Å². The van der Waals surface area contributed by atoms with E-state index in [9.17, 15) is 4.79 Å². The van der Waals surface area contributed by atoms with E-state index in [2.05, 4.69) is 37.9 Å². The van der Waals surface area contributed by atoms with Gasteiger partial charge < -0.3 is 15.0 Å². The Hall–Kier alpha value is -0.770. The zero-order chi connectivity index (χ0) is 14.3. The Labute approximate surface area is 112 Å². The second-order valence-corrected chi connectivity index (χ2v) is 5.98. The minimum absolute atomic E-state index is 0.125. The number of carbonyl (C=O) groups is 1. The minimum atomic E-state index is -0.444. The van der Waals surface area contributed by atoms with Crippen LogP contribution in [0.15, 0.2) is 0 Å². The van der Waals surface area contributed by atoms with Gasteiger partial charge in [-0.3, -0.25) is 0 Å². The van der Waals surface area contributed by atoms with Gasteiger partial charge in [0, 0.05) is 12.6 Å². The number of nitrogens with zero attached hydrogens (tertiary/aromatic N) is 1. The van der Waals surface area contributed by atoms with Crippen LogP contribution in [0.2, 0.25) is 0 Å². The molecule has 0 rings (SSSR count). The van der Waals surface area contributed by atoms with Crippen LogP contribution < -0.4 is 5.32 Å². The second-order valence-electron chi connectivity index (χ2n) is 5.98. The van der Waals surface area contributed by atoms with E-state index >= 15 is 0 Å². The lowest BCUT2D eigenvalue weighted by Gasteiger charge is -2.30. The predicted octanol–water partition coefficient (Wildman–Crippen LogP) is 2.88. The molecule has 4 heteroatoms. The molecule has 0 spiro atoms. The Morgan fingerprint density at radius 1 is 1.22 bits per heavy atom. The Kier molecular flexibility index (Phi) is 7.29. The van der Waals surface area contributed by atoms with E-state index < -0.39 is 5.60 Å². The van der Waals surface area contributed by atoms with Crippen LogP contribution in [0.25, 0.3) is 0 Å². The minimum Gasteiger partial charge on any atom is -0.444 e. The van der Waals surface area contributed by atoms with Gasteiger partial charge in [-0.05, 0) is 39.8 Å². The summed E-state index contributed by atoms with van der Waals surface area (Å²) in [5.74, 6) is 0.387. The maximum absolute atomic E-state index is 11.8. The van der Waals surface area contributed by atoms with Crippen molar-refractivity contribution in [3.05, 3.63) is 0 Å². The normalized spacial score (nSPS) is 13.8. The third kappa shape index (κ3) is 7.54. The van der Waals surface area contributed by atoms with Gasteiger partial charge in [0.2, 0.25) is 0 Å². The molecule has 0 aliphatic carbocycles. The van der Waals surface area contributed by atoms with Crippen molar-refractivity contribution in [1.82, 2.24) is 10.2 Å².